The van der Waals surface area contributed by atoms with Crippen LogP contribution in [0.1, 0.15) is 5.56 Å². The molecule has 1 aliphatic heterocycles. The van der Waals surface area contributed by atoms with E-state index in [0.29, 0.717) is 17.9 Å². The van der Waals surface area contributed by atoms with Gasteiger partial charge in [-0.15, -0.1) is 0 Å². The van der Waals surface area contributed by atoms with E-state index in [4.69, 9.17) is 22.7 Å². The first-order valence-corrected chi connectivity index (χ1v) is 9.61. The Morgan fingerprint density at radius 2 is 1.96 bits per heavy atom. The molecule has 0 radical (unpaired) electrons. The van der Waals surface area contributed by atoms with Gasteiger partial charge in [-0.05, 0) is 48.5 Å². The second-order valence-electron chi connectivity index (χ2n) is 5.34. The number of halogens is 1. The van der Waals surface area contributed by atoms with Gasteiger partial charge in [0.2, 0.25) is 0 Å². The van der Waals surface area contributed by atoms with Crippen LogP contribution in [0.3, 0.4) is 0 Å². The number of rotatable bonds is 5. The average Bonchev–Trinajstić information content (AvgIpc) is 2.85. The van der Waals surface area contributed by atoms with Gasteiger partial charge in [0.05, 0.1) is 12.8 Å². The number of thiocarbonyl (C=S) groups is 1. The number of para-hydroxylation sites is 1. The fourth-order valence-corrected chi connectivity index (χ4v) is 5.90. The van der Waals surface area contributed by atoms with Crippen LogP contribution < -0.4 is 15.2 Å². The highest BCUT2D eigenvalue weighted by atomic mass is 32.3. The van der Waals surface area contributed by atoms with Crippen LogP contribution in [0, 0.1) is 0 Å². The molecular weight excluding hydrogens is 345 g/mol. The van der Waals surface area contributed by atoms with Gasteiger partial charge in [-0.2, -0.15) is 4.39 Å². The monoisotopic (exact) mass is 363 g/mol. The molecule has 1 unspecified atom stereocenters. The zero-order chi connectivity index (χ0) is 17.2. The Morgan fingerprint density at radius 3 is 2.62 bits per heavy atom. The zero-order valence-electron chi connectivity index (χ0n) is 13.2. The maximum atomic E-state index is 14.8. The molecule has 0 saturated heterocycles. The molecule has 0 bridgehead atoms. The van der Waals surface area contributed by atoms with E-state index in [2.05, 4.69) is 9.71 Å². The van der Waals surface area contributed by atoms with Gasteiger partial charge in [0.15, 0.2) is 5.11 Å². The highest BCUT2D eigenvalue weighted by Gasteiger charge is 2.39. The van der Waals surface area contributed by atoms with Gasteiger partial charge in [0.1, 0.15) is 5.75 Å². The molecule has 3 N–H and O–H groups in total. The minimum absolute atomic E-state index is 0.0850. The van der Waals surface area contributed by atoms with Crippen molar-refractivity contribution < 1.29 is 9.13 Å². The summed E-state index contributed by atoms with van der Waals surface area (Å²) in [5, 5.41) is -0.341. The van der Waals surface area contributed by atoms with Gasteiger partial charge in [0.25, 0.3) is 5.30 Å². The van der Waals surface area contributed by atoms with Gasteiger partial charge in [-0.25, -0.2) is 4.99 Å². The molecule has 0 aliphatic carbocycles. The number of aliphatic imine (C=N–C) groups is 1. The van der Waals surface area contributed by atoms with Crippen molar-refractivity contribution in [2.24, 2.45) is 10.7 Å². The largest absolute Gasteiger partial charge is 0.497 e. The lowest BCUT2D eigenvalue weighted by atomic mass is 10.2. The van der Waals surface area contributed by atoms with Crippen LogP contribution in [0.5, 0.6) is 5.75 Å². The Kier molecular flexibility index (Phi) is 4.73. The quantitative estimate of drug-likeness (QED) is 0.793. The summed E-state index contributed by atoms with van der Waals surface area (Å²) in [6.45, 7) is 0. The molecule has 0 aromatic heterocycles. The maximum absolute atomic E-state index is 14.8. The van der Waals surface area contributed by atoms with Gasteiger partial charge in [0, 0.05) is 10.6 Å². The van der Waals surface area contributed by atoms with Crippen LogP contribution >= 0.6 is 22.4 Å². The zero-order valence-corrected chi connectivity index (χ0v) is 14.8. The molecule has 1 heterocycles. The molecule has 126 valence electrons. The molecule has 0 fully saturated rings. The standard InChI is InChI=1S/C17H18FN3OS2/c1-22-13-8-6-12(7-9-13)10-11-24(21-17(19)23)15-5-3-2-4-14(15)20-16(24)18/h2-9H,10-11H2,1H3,(H3,19,21,23). The fourth-order valence-electron chi connectivity index (χ4n) is 2.68. The molecule has 1 aliphatic rings. The van der Waals surface area contributed by atoms with Crippen LogP contribution in [0.2, 0.25) is 0 Å². The summed E-state index contributed by atoms with van der Waals surface area (Å²) in [6.07, 6.45) is 0.673. The highest BCUT2D eigenvalue weighted by molar-refractivity contribution is 8.44. The lowest BCUT2D eigenvalue weighted by Crippen LogP contribution is -2.36. The number of hydrogen-bond donors (Lipinski definition) is 2. The maximum Gasteiger partial charge on any atom is 0.252 e. The first kappa shape index (κ1) is 16.7. The minimum atomic E-state index is -2.18. The van der Waals surface area contributed by atoms with E-state index in [1.807, 2.05) is 42.5 Å². The third-order valence-electron chi connectivity index (χ3n) is 3.87. The predicted molar refractivity (Wildman–Crippen MR) is 102 cm³/mol. The summed E-state index contributed by atoms with van der Waals surface area (Å²) in [5.41, 5.74) is 7.42. The molecule has 4 nitrogen and oxygen atoms in total. The summed E-state index contributed by atoms with van der Waals surface area (Å²) >= 11 is 5.00. The van der Waals surface area contributed by atoms with Crippen LogP contribution in [-0.2, 0) is 6.42 Å². The number of fused-ring (bicyclic) bond motifs is 1. The summed E-state index contributed by atoms with van der Waals surface area (Å²) in [4.78, 5) is 4.92. The average molecular weight is 363 g/mol. The van der Waals surface area contributed by atoms with E-state index in [9.17, 15) is 4.39 Å². The second-order valence-corrected chi connectivity index (χ2v) is 8.65. The molecular formula is C17H18FN3OS2. The third kappa shape index (κ3) is 3.09. The number of nitrogens with two attached hydrogens (primary N) is 1. The van der Waals surface area contributed by atoms with Gasteiger partial charge in [-0.3, -0.25) is 0 Å². The van der Waals surface area contributed by atoms with Crippen LogP contribution in [0.4, 0.5) is 10.1 Å². The minimum Gasteiger partial charge on any atom is -0.497 e. The first-order chi connectivity index (χ1) is 11.5. The van der Waals surface area contributed by atoms with Crippen molar-refractivity contribution in [3.63, 3.8) is 0 Å². The number of nitrogens with one attached hydrogen (secondary N) is 1. The lowest BCUT2D eigenvalue weighted by Gasteiger charge is -2.35. The summed E-state index contributed by atoms with van der Waals surface area (Å²) < 4.78 is 23.0. The van der Waals surface area contributed by atoms with E-state index >= 15 is 0 Å². The number of methoxy groups -OCH3 is 1. The lowest BCUT2D eigenvalue weighted by molar-refractivity contribution is 0.414. The van der Waals surface area contributed by atoms with Crippen molar-refractivity contribution in [3.05, 3.63) is 54.1 Å². The Morgan fingerprint density at radius 1 is 1.25 bits per heavy atom. The van der Waals surface area contributed by atoms with Crippen molar-refractivity contribution in [2.45, 2.75) is 11.3 Å². The number of nitrogens with zero attached hydrogens (tertiary/aromatic N) is 1. The van der Waals surface area contributed by atoms with Crippen LogP contribution in [0.25, 0.3) is 0 Å². The number of aryl methyl sites for hydroxylation is 1. The van der Waals surface area contributed by atoms with E-state index in [1.165, 1.54) is 0 Å². The van der Waals surface area contributed by atoms with Crippen LogP contribution in [0.15, 0.2) is 58.4 Å². The Bertz CT molecular complexity index is 795. The first-order valence-electron chi connectivity index (χ1n) is 7.39. The summed E-state index contributed by atoms with van der Waals surface area (Å²) in [5.74, 6) is 1.32. The van der Waals surface area contributed by atoms with Crippen molar-refractivity contribution >= 4 is 38.5 Å². The molecule has 24 heavy (non-hydrogen) atoms. The van der Waals surface area contributed by atoms with Gasteiger partial charge >= 0.3 is 0 Å². The number of benzene rings is 2. The van der Waals surface area contributed by atoms with E-state index < -0.39 is 15.5 Å². The molecule has 3 rings (SSSR count). The Labute approximate surface area is 147 Å². The SMILES string of the molecule is COc1ccc(CCS2(NC(N)=S)C(F)=Nc3ccccc32)cc1. The Hall–Kier alpha value is -2.12. The van der Waals surface area contributed by atoms with E-state index in [-0.39, 0.29) is 5.11 Å². The van der Waals surface area contributed by atoms with Crippen molar-refractivity contribution in [1.29, 1.82) is 0 Å². The molecule has 0 amide bonds. The predicted octanol–water partition coefficient (Wildman–Crippen LogP) is 3.82. The Balaban J connectivity index is 1.90. The number of hydrogen-bond acceptors (Lipinski definition) is 3. The molecule has 1 atom stereocenters. The van der Waals surface area contributed by atoms with E-state index in [0.717, 1.165) is 16.2 Å². The topological polar surface area (TPSA) is 59.6 Å². The van der Waals surface area contributed by atoms with Crippen molar-refractivity contribution in [2.75, 3.05) is 12.9 Å². The van der Waals surface area contributed by atoms with Gasteiger partial charge < -0.3 is 15.2 Å². The van der Waals surface area contributed by atoms with E-state index in [1.54, 1.807) is 13.2 Å². The summed E-state index contributed by atoms with van der Waals surface area (Å²) in [7, 11) is -0.550. The highest BCUT2D eigenvalue weighted by Crippen LogP contribution is 2.62. The third-order valence-corrected chi connectivity index (χ3v) is 7.25. The molecule has 0 spiro atoms. The molecule has 2 aromatic rings. The smallest absolute Gasteiger partial charge is 0.252 e. The van der Waals surface area contributed by atoms with Gasteiger partial charge in [-0.1, -0.05) is 34.5 Å². The van der Waals surface area contributed by atoms with Crippen molar-refractivity contribution in [1.82, 2.24) is 4.72 Å². The molecule has 2 aromatic carbocycles. The van der Waals surface area contributed by atoms with Crippen molar-refractivity contribution in [3.8, 4) is 5.75 Å². The number of ether oxygens (including phenoxy) is 1. The molecule has 0 saturated carbocycles. The fraction of sp³-hybridized carbons (Fsp3) is 0.176. The normalized spacial score (nSPS) is 21.3. The second kappa shape index (κ2) is 6.78. The summed E-state index contributed by atoms with van der Waals surface area (Å²) in [6, 6.07) is 15.2. The molecule has 7 heteroatoms. The van der Waals surface area contributed by atoms with Crippen LogP contribution in [-0.4, -0.2) is 23.3 Å².